The van der Waals surface area contributed by atoms with Crippen LogP contribution in [0.4, 0.5) is 0 Å². The van der Waals surface area contributed by atoms with Gasteiger partial charge in [-0.1, -0.05) is 58.4 Å². The Labute approximate surface area is 77.4 Å². The van der Waals surface area contributed by atoms with Crippen LogP contribution in [0.5, 0.6) is 0 Å². The Morgan fingerprint density at radius 2 is 1.58 bits per heavy atom. The van der Waals surface area contributed by atoms with Crippen LogP contribution in [0.1, 0.15) is 40.5 Å². The van der Waals surface area contributed by atoms with Crippen molar-refractivity contribution in [2.45, 2.75) is 40.5 Å². The van der Waals surface area contributed by atoms with Crippen molar-refractivity contribution in [2.24, 2.45) is 11.8 Å². The zero-order valence-corrected chi connectivity index (χ0v) is 8.88. The van der Waals surface area contributed by atoms with E-state index in [4.69, 9.17) is 0 Å². The molecule has 0 saturated heterocycles. The molecule has 0 nitrogen and oxygen atoms in total. The molecule has 0 rings (SSSR count). The quantitative estimate of drug-likeness (QED) is 0.537. The van der Waals surface area contributed by atoms with Crippen molar-refractivity contribution in [3.63, 3.8) is 0 Å². The monoisotopic (exact) mass is 166 g/mol. The summed E-state index contributed by atoms with van der Waals surface area (Å²) in [6.07, 6.45) is 11.4. The molecule has 0 bridgehead atoms. The van der Waals surface area contributed by atoms with E-state index < -0.39 is 0 Å². The number of allylic oxidation sites excluding steroid dienone is 4. The molecule has 1 unspecified atom stereocenters. The summed E-state index contributed by atoms with van der Waals surface area (Å²) in [6, 6.07) is 0. The molecule has 0 heterocycles. The SMILES string of the molecule is CCC(C)/C=C\CC=CC(C)C. The van der Waals surface area contributed by atoms with E-state index in [-0.39, 0.29) is 0 Å². The third-order valence-electron chi connectivity index (χ3n) is 1.90. The summed E-state index contributed by atoms with van der Waals surface area (Å²) >= 11 is 0. The molecule has 0 amide bonds. The van der Waals surface area contributed by atoms with Gasteiger partial charge in [-0.25, -0.2) is 0 Å². The Morgan fingerprint density at radius 3 is 2.08 bits per heavy atom. The highest BCUT2D eigenvalue weighted by atomic mass is 13.9. The number of rotatable bonds is 5. The maximum Gasteiger partial charge on any atom is -0.0169 e. The van der Waals surface area contributed by atoms with E-state index in [9.17, 15) is 0 Å². The van der Waals surface area contributed by atoms with Crippen LogP contribution >= 0.6 is 0 Å². The predicted octanol–water partition coefficient (Wildman–Crippen LogP) is 4.19. The molecule has 70 valence electrons. The Kier molecular flexibility index (Phi) is 6.84. The minimum Gasteiger partial charge on any atom is -0.0857 e. The van der Waals surface area contributed by atoms with Crippen LogP contribution < -0.4 is 0 Å². The minimum atomic E-state index is 0.682. The molecule has 0 spiro atoms. The van der Waals surface area contributed by atoms with Crippen molar-refractivity contribution in [2.75, 3.05) is 0 Å². The first-order valence-electron chi connectivity index (χ1n) is 5.00. The van der Waals surface area contributed by atoms with Crippen molar-refractivity contribution in [1.82, 2.24) is 0 Å². The Balaban J connectivity index is 3.48. The molecule has 0 aliphatic carbocycles. The molecule has 0 aromatic carbocycles. The average Bonchev–Trinajstić information content (AvgIpc) is 2.03. The van der Waals surface area contributed by atoms with Gasteiger partial charge in [-0.05, 0) is 18.3 Å². The van der Waals surface area contributed by atoms with Gasteiger partial charge in [-0.15, -0.1) is 0 Å². The van der Waals surface area contributed by atoms with Crippen LogP contribution in [0, 0.1) is 11.8 Å². The summed E-state index contributed by atoms with van der Waals surface area (Å²) in [5.74, 6) is 1.42. The van der Waals surface area contributed by atoms with Crippen LogP contribution in [0.3, 0.4) is 0 Å². The standard InChI is InChI=1S/C12H22/c1-5-12(4)10-8-6-7-9-11(2)3/h7-12H,5-6H2,1-4H3/b9-7?,10-8-. The fourth-order valence-electron chi connectivity index (χ4n) is 0.876. The summed E-state index contributed by atoms with van der Waals surface area (Å²) < 4.78 is 0. The Morgan fingerprint density at radius 1 is 1.00 bits per heavy atom. The van der Waals surface area contributed by atoms with E-state index in [0.717, 1.165) is 12.3 Å². The summed E-state index contributed by atoms with van der Waals surface area (Å²) in [5.41, 5.74) is 0. The zero-order chi connectivity index (χ0) is 9.40. The Hall–Kier alpha value is -0.520. The van der Waals surface area contributed by atoms with E-state index in [0.29, 0.717) is 5.92 Å². The van der Waals surface area contributed by atoms with Crippen LogP contribution in [-0.4, -0.2) is 0 Å². The summed E-state index contributed by atoms with van der Waals surface area (Å²) in [7, 11) is 0. The lowest BCUT2D eigenvalue weighted by Gasteiger charge is -1.97. The van der Waals surface area contributed by atoms with Crippen LogP contribution in [0.25, 0.3) is 0 Å². The van der Waals surface area contributed by atoms with Gasteiger partial charge < -0.3 is 0 Å². The lowest BCUT2D eigenvalue weighted by molar-refractivity contribution is 0.696. The van der Waals surface area contributed by atoms with Gasteiger partial charge in [0.15, 0.2) is 0 Å². The van der Waals surface area contributed by atoms with E-state index in [1.54, 1.807) is 0 Å². The van der Waals surface area contributed by atoms with E-state index in [1.807, 2.05) is 0 Å². The molecule has 0 saturated carbocycles. The normalized spacial score (nSPS) is 15.1. The van der Waals surface area contributed by atoms with Gasteiger partial charge in [0.2, 0.25) is 0 Å². The molecule has 0 aromatic heterocycles. The van der Waals surface area contributed by atoms with Gasteiger partial charge in [-0.2, -0.15) is 0 Å². The zero-order valence-electron chi connectivity index (χ0n) is 8.88. The molecule has 0 aliphatic heterocycles. The second kappa shape index (κ2) is 7.15. The van der Waals surface area contributed by atoms with Crippen molar-refractivity contribution in [3.05, 3.63) is 24.3 Å². The fraction of sp³-hybridized carbons (Fsp3) is 0.667. The van der Waals surface area contributed by atoms with Gasteiger partial charge in [-0.3, -0.25) is 0 Å². The first-order valence-corrected chi connectivity index (χ1v) is 5.00. The second-order valence-corrected chi connectivity index (χ2v) is 3.72. The maximum atomic E-state index is 2.30. The number of hydrogen-bond donors (Lipinski definition) is 0. The van der Waals surface area contributed by atoms with Gasteiger partial charge in [0.1, 0.15) is 0 Å². The largest absolute Gasteiger partial charge is 0.0857 e. The summed E-state index contributed by atoms with van der Waals surface area (Å²) in [6.45, 7) is 8.88. The summed E-state index contributed by atoms with van der Waals surface area (Å²) in [4.78, 5) is 0. The molecule has 0 fully saturated rings. The van der Waals surface area contributed by atoms with Gasteiger partial charge in [0, 0.05) is 0 Å². The number of hydrogen-bond acceptors (Lipinski definition) is 0. The Bertz CT molecular complexity index is 140. The van der Waals surface area contributed by atoms with Gasteiger partial charge in [0.25, 0.3) is 0 Å². The molecular formula is C12H22. The third-order valence-corrected chi connectivity index (χ3v) is 1.90. The highest BCUT2D eigenvalue weighted by molar-refractivity contribution is 4.95. The molecular weight excluding hydrogens is 144 g/mol. The molecule has 0 N–H and O–H groups in total. The fourth-order valence-corrected chi connectivity index (χ4v) is 0.876. The molecule has 0 aromatic rings. The predicted molar refractivity (Wildman–Crippen MR) is 57.2 cm³/mol. The van der Waals surface area contributed by atoms with E-state index in [1.165, 1.54) is 6.42 Å². The molecule has 1 atom stereocenters. The molecule has 0 heteroatoms. The van der Waals surface area contributed by atoms with Crippen LogP contribution in [-0.2, 0) is 0 Å². The van der Waals surface area contributed by atoms with Crippen molar-refractivity contribution < 1.29 is 0 Å². The highest BCUT2D eigenvalue weighted by Crippen LogP contribution is 2.03. The third kappa shape index (κ3) is 7.59. The first-order chi connectivity index (χ1) is 5.66. The van der Waals surface area contributed by atoms with Crippen molar-refractivity contribution in [1.29, 1.82) is 0 Å². The van der Waals surface area contributed by atoms with E-state index >= 15 is 0 Å². The topological polar surface area (TPSA) is 0 Å². The maximum absolute atomic E-state index is 2.30. The first kappa shape index (κ1) is 11.5. The summed E-state index contributed by atoms with van der Waals surface area (Å²) in [5, 5.41) is 0. The van der Waals surface area contributed by atoms with Crippen molar-refractivity contribution in [3.8, 4) is 0 Å². The minimum absolute atomic E-state index is 0.682. The van der Waals surface area contributed by atoms with Crippen LogP contribution in [0.2, 0.25) is 0 Å². The molecule has 0 aliphatic rings. The van der Waals surface area contributed by atoms with Crippen LogP contribution in [0.15, 0.2) is 24.3 Å². The van der Waals surface area contributed by atoms with E-state index in [2.05, 4.69) is 52.0 Å². The smallest absolute Gasteiger partial charge is 0.0169 e. The lowest BCUT2D eigenvalue weighted by Crippen LogP contribution is -1.83. The average molecular weight is 166 g/mol. The highest BCUT2D eigenvalue weighted by Gasteiger charge is 1.88. The van der Waals surface area contributed by atoms with Gasteiger partial charge >= 0.3 is 0 Å². The van der Waals surface area contributed by atoms with Gasteiger partial charge in [0.05, 0.1) is 0 Å². The molecule has 12 heavy (non-hydrogen) atoms. The second-order valence-electron chi connectivity index (χ2n) is 3.72. The lowest BCUT2D eigenvalue weighted by atomic mass is 10.1. The molecule has 0 radical (unpaired) electrons. The van der Waals surface area contributed by atoms with Crippen molar-refractivity contribution >= 4 is 0 Å².